The van der Waals surface area contributed by atoms with Gasteiger partial charge in [0.25, 0.3) is 0 Å². The van der Waals surface area contributed by atoms with Crippen LogP contribution in [0.2, 0.25) is 0 Å². The number of piperazine rings is 1. The summed E-state index contributed by atoms with van der Waals surface area (Å²) in [6.07, 6.45) is -0.469. The molecule has 0 radical (unpaired) electrons. The van der Waals surface area contributed by atoms with Gasteiger partial charge in [-0.3, -0.25) is 4.90 Å². The molecule has 0 bridgehead atoms. The van der Waals surface area contributed by atoms with Crippen molar-refractivity contribution >= 4 is 30.5 Å². The predicted octanol–water partition coefficient (Wildman–Crippen LogP) is 3.71. The number of ether oxygens (including phenoxy) is 1. The summed E-state index contributed by atoms with van der Waals surface area (Å²) in [5.74, 6) is 0.868. The molecule has 1 unspecified atom stereocenters. The van der Waals surface area contributed by atoms with Gasteiger partial charge < -0.3 is 14.7 Å². The standard InChI is InChI=1S/C21H28N2O2.2ClH/c1-17-8-9-18(2)21(14-17)25-16-20(24)15-22-10-12-23(13-11-22)19-6-4-3-5-7-19;;/h3-9,14,20,24H,10-13,15-16H2,1-2H3;2*1H. The van der Waals surface area contributed by atoms with Crippen LogP contribution in [0.1, 0.15) is 11.1 Å². The van der Waals surface area contributed by atoms with Gasteiger partial charge in [-0.1, -0.05) is 30.3 Å². The average molecular weight is 413 g/mol. The number of halogens is 2. The number of nitrogens with zero attached hydrogens (tertiary/aromatic N) is 2. The zero-order chi connectivity index (χ0) is 17.6. The van der Waals surface area contributed by atoms with Crippen LogP contribution in [-0.4, -0.2) is 55.4 Å². The zero-order valence-electron chi connectivity index (χ0n) is 16.0. The fourth-order valence-corrected chi connectivity index (χ4v) is 3.23. The van der Waals surface area contributed by atoms with Crippen molar-refractivity contribution in [2.75, 3.05) is 44.2 Å². The number of hydrogen-bond donors (Lipinski definition) is 1. The lowest BCUT2D eigenvalue weighted by atomic mass is 10.1. The highest BCUT2D eigenvalue weighted by Crippen LogP contribution is 2.19. The van der Waals surface area contributed by atoms with Crippen LogP contribution in [0.25, 0.3) is 0 Å². The van der Waals surface area contributed by atoms with E-state index in [4.69, 9.17) is 4.74 Å². The van der Waals surface area contributed by atoms with E-state index < -0.39 is 6.10 Å². The highest BCUT2D eigenvalue weighted by molar-refractivity contribution is 5.85. The van der Waals surface area contributed by atoms with Crippen molar-refractivity contribution in [2.45, 2.75) is 20.0 Å². The van der Waals surface area contributed by atoms with Crippen LogP contribution in [-0.2, 0) is 0 Å². The van der Waals surface area contributed by atoms with Crippen LogP contribution < -0.4 is 9.64 Å². The minimum absolute atomic E-state index is 0. The lowest BCUT2D eigenvalue weighted by molar-refractivity contribution is 0.0660. The topological polar surface area (TPSA) is 35.9 Å². The Hall–Kier alpha value is -1.46. The van der Waals surface area contributed by atoms with Gasteiger partial charge in [-0.15, -0.1) is 24.8 Å². The molecular formula is C21H30Cl2N2O2. The van der Waals surface area contributed by atoms with Gasteiger partial charge in [-0.2, -0.15) is 0 Å². The van der Waals surface area contributed by atoms with Gasteiger partial charge in [0.1, 0.15) is 18.5 Å². The number of aryl methyl sites for hydroxylation is 2. The molecule has 0 aliphatic carbocycles. The number of rotatable bonds is 6. The molecule has 4 nitrogen and oxygen atoms in total. The third-order valence-electron chi connectivity index (χ3n) is 4.74. The molecule has 0 spiro atoms. The molecule has 0 aromatic heterocycles. The number of aliphatic hydroxyl groups excluding tert-OH is 1. The Labute approximate surface area is 175 Å². The van der Waals surface area contributed by atoms with E-state index in [1.54, 1.807) is 0 Å². The van der Waals surface area contributed by atoms with Crippen LogP contribution in [0.3, 0.4) is 0 Å². The fraction of sp³-hybridized carbons (Fsp3) is 0.429. The number of aliphatic hydroxyl groups is 1. The maximum atomic E-state index is 10.3. The average Bonchev–Trinajstić information content (AvgIpc) is 2.64. The van der Waals surface area contributed by atoms with Gasteiger partial charge in [0, 0.05) is 38.4 Å². The second kappa shape index (κ2) is 11.4. The van der Waals surface area contributed by atoms with Crippen LogP contribution in [0.4, 0.5) is 5.69 Å². The highest BCUT2D eigenvalue weighted by Gasteiger charge is 2.19. The van der Waals surface area contributed by atoms with Crippen LogP contribution in [0, 0.1) is 13.8 Å². The van der Waals surface area contributed by atoms with Gasteiger partial charge in [0.15, 0.2) is 0 Å². The molecule has 1 saturated heterocycles. The molecule has 2 aromatic carbocycles. The Morgan fingerprint density at radius 1 is 0.963 bits per heavy atom. The van der Waals surface area contributed by atoms with Gasteiger partial charge in [-0.25, -0.2) is 0 Å². The van der Waals surface area contributed by atoms with E-state index in [1.807, 2.05) is 19.1 Å². The van der Waals surface area contributed by atoms with Crippen LogP contribution >= 0.6 is 24.8 Å². The first kappa shape index (κ1) is 23.6. The van der Waals surface area contributed by atoms with Crippen molar-refractivity contribution in [2.24, 2.45) is 0 Å². The summed E-state index contributed by atoms with van der Waals surface area (Å²) in [6.45, 7) is 9.00. The Kier molecular flexibility index (Phi) is 9.95. The Balaban J connectivity index is 0.00000182. The van der Waals surface area contributed by atoms with Crippen molar-refractivity contribution in [1.82, 2.24) is 4.90 Å². The Morgan fingerprint density at radius 2 is 1.63 bits per heavy atom. The summed E-state index contributed by atoms with van der Waals surface area (Å²) >= 11 is 0. The zero-order valence-corrected chi connectivity index (χ0v) is 17.6. The number of anilines is 1. The van der Waals surface area contributed by atoms with Gasteiger partial charge >= 0.3 is 0 Å². The van der Waals surface area contributed by atoms with Crippen molar-refractivity contribution in [3.63, 3.8) is 0 Å². The molecule has 3 rings (SSSR count). The monoisotopic (exact) mass is 412 g/mol. The second-order valence-electron chi connectivity index (χ2n) is 6.86. The van der Waals surface area contributed by atoms with Gasteiger partial charge in [0.05, 0.1) is 0 Å². The number of benzene rings is 2. The van der Waals surface area contributed by atoms with E-state index in [0.29, 0.717) is 13.2 Å². The maximum Gasteiger partial charge on any atom is 0.122 e. The normalized spacial score (nSPS) is 15.4. The van der Waals surface area contributed by atoms with E-state index in [0.717, 1.165) is 37.5 Å². The Morgan fingerprint density at radius 3 is 2.30 bits per heavy atom. The molecule has 1 aliphatic heterocycles. The summed E-state index contributed by atoms with van der Waals surface area (Å²) in [6, 6.07) is 16.7. The van der Waals surface area contributed by atoms with E-state index in [9.17, 15) is 5.11 Å². The second-order valence-corrected chi connectivity index (χ2v) is 6.86. The summed E-state index contributed by atoms with van der Waals surface area (Å²) in [5, 5.41) is 10.3. The largest absolute Gasteiger partial charge is 0.491 e. The summed E-state index contributed by atoms with van der Waals surface area (Å²) in [5.41, 5.74) is 3.56. The maximum absolute atomic E-state index is 10.3. The SMILES string of the molecule is Cc1ccc(C)c(OCC(O)CN2CCN(c3ccccc3)CC2)c1.Cl.Cl. The molecule has 1 heterocycles. The van der Waals surface area contributed by atoms with E-state index in [2.05, 4.69) is 53.1 Å². The number of hydrogen-bond acceptors (Lipinski definition) is 4. The summed E-state index contributed by atoms with van der Waals surface area (Å²) < 4.78 is 5.82. The van der Waals surface area contributed by atoms with Crippen molar-refractivity contribution < 1.29 is 9.84 Å². The fourth-order valence-electron chi connectivity index (χ4n) is 3.23. The number of β-amino-alcohol motifs (C(OH)–C–C–N with tert-alkyl or cyclic N) is 1. The molecule has 27 heavy (non-hydrogen) atoms. The van der Waals surface area contributed by atoms with Crippen molar-refractivity contribution in [3.8, 4) is 5.75 Å². The quantitative estimate of drug-likeness (QED) is 0.784. The smallest absolute Gasteiger partial charge is 0.122 e. The minimum atomic E-state index is -0.469. The van der Waals surface area contributed by atoms with E-state index >= 15 is 0 Å². The lowest BCUT2D eigenvalue weighted by Gasteiger charge is -2.36. The van der Waals surface area contributed by atoms with E-state index in [-0.39, 0.29) is 24.8 Å². The molecule has 150 valence electrons. The number of para-hydroxylation sites is 1. The Bertz CT molecular complexity index is 677. The predicted molar refractivity (Wildman–Crippen MR) is 117 cm³/mol. The summed E-state index contributed by atoms with van der Waals surface area (Å²) in [4.78, 5) is 4.71. The van der Waals surface area contributed by atoms with Crippen molar-refractivity contribution in [3.05, 3.63) is 59.7 Å². The van der Waals surface area contributed by atoms with E-state index in [1.165, 1.54) is 11.3 Å². The lowest BCUT2D eigenvalue weighted by Crippen LogP contribution is -2.49. The van der Waals surface area contributed by atoms with Crippen LogP contribution in [0.15, 0.2) is 48.5 Å². The molecule has 1 aliphatic rings. The molecular weight excluding hydrogens is 383 g/mol. The molecule has 1 atom stereocenters. The van der Waals surface area contributed by atoms with Crippen molar-refractivity contribution in [1.29, 1.82) is 0 Å². The summed E-state index contributed by atoms with van der Waals surface area (Å²) in [7, 11) is 0. The minimum Gasteiger partial charge on any atom is -0.491 e. The van der Waals surface area contributed by atoms with Crippen LogP contribution in [0.5, 0.6) is 5.75 Å². The molecule has 1 N–H and O–H groups in total. The molecule has 0 saturated carbocycles. The molecule has 0 amide bonds. The third-order valence-corrected chi connectivity index (χ3v) is 4.74. The third kappa shape index (κ3) is 6.89. The highest BCUT2D eigenvalue weighted by atomic mass is 35.5. The van der Waals surface area contributed by atoms with Gasteiger partial charge in [-0.05, 0) is 43.2 Å². The molecule has 1 fully saturated rings. The first-order valence-electron chi connectivity index (χ1n) is 9.02. The first-order chi connectivity index (χ1) is 12.1. The molecule has 6 heteroatoms. The first-order valence-corrected chi connectivity index (χ1v) is 9.02. The van der Waals surface area contributed by atoms with Gasteiger partial charge in [0.2, 0.25) is 0 Å². The molecule has 2 aromatic rings.